The normalized spacial score (nSPS) is 24.0. The molecule has 1 saturated heterocycles. The van der Waals surface area contributed by atoms with Gasteiger partial charge in [-0.3, -0.25) is 0 Å². The van der Waals surface area contributed by atoms with E-state index < -0.39 is 12.3 Å². The van der Waals surface area contributed by atoms with Crippen molar-refractivity contribution in [2.45, 2.75) is 25.4 Å². The molecule has 0 aromatic rings. The predicted octanol–water partition coefficient (Wildman–Crippen LogP) is 2.13. The molecule has 80 valence electrons. The van der Waals surface area contributed by atoms with E-state index in [-0.39, 0.29) is 6.54 Å². The molecule has 0 N–H and O–H groups in total. The van der Waals surface area contributed by atoms with Crippen molar-refractivity contribution in [3.05, 3.63) is 12.2 Å². The standard InChI is InChI=1S/C10H16FNO2/c1-8-4-3-5-9(11)7-12(6-8)10(13)14-2/h9H,1,3-7H2,2H3/t9-/m1/s1. The molecule has 1 amide bonds. The van der Waals surface area contributed by atoms with Crippen LogP contribution in [-0.2, 0) is 4.74 Å². The highest BCUT2D eigenvalue weighted by molar-refractivity contribution is 5.67. The zero-order chi connectivity index (χ0) is 10.6. The smallest absolute Gasteiger partial charge is 0.409 e. The number of amides is 1. The first-order valence-corrected chi connectivity index (χ1v) is 4.77. The topological polar surface area (TPSA) is 29.5 Å². The second kappa shape index (κ2) is 4.98. The molecular formula is C10H16FNO2. The first kappa shape index (κ1) is 11.0. The zero-order valence-corrected chi connectivity index (χ0v) is 8.46. The van der Waals surface area contributed by atoms with Gasteiger partial charge in [0.25, 0.3) is 0 Å². The molecule has 0 aliphatic carbocycles. The van der Waals surface area contributed by atoms with Crippen LogP contribution in [0.1, 0.15) is 19.3 Å². The minimum Gasteiger partial charge on any atom is -0.453 e. The van der Waals surface area contributed by atoms with Gasteiger partial charge in [0.05, 0.1) is 13.7 Å². The molecule has 0 bridgehead atoms. The van der Waals surface area contributed by atoms with E-state index in [1.807, 2.05) is 0 Å². The van der Waals surface area contributed by atoms with Gasteiger partial charge in [-0.2, -0.15) is 0 Å². The minimum atomic E-state index is -0.942. The Balaban J connectivity index is 2.60. The fourth-order valence-electron chi connectivity index (χ4n) is 1.59. The third kappa shape index (κ3) is 3.01. The summed E-state index contributed by atoms with van der Waals surface area (Å²) in [5.74, 6) is 0. The van der Waals surface area contributed by atoms with Crippen molar-refractivity contribution in [2.75, 3.05) is 20.2 Å². The average Bonchev–Trinajstić information content (AvgIpc) is 2.13. The summed E-state index contributed by atoms with van der Waals surface area (Å²) in [6, 6.07) is 0. The number of likely N-dealkylation sites (tertiary alicyclic amines) is 1. The zero-order valence-electron chi connectivity index (χ0n) is 8.46. The van der Waals surface area contributed by atoms with E-state index in [0.29, 0.717) is 13.0 Å². The summed E-state index contributed by atoms with van der Waals surface area (Å²) in [5.41, 5.74) is 0.960. The molecule has 0 unspecified atom stereocenters. The number of carbonyl (C=O) groups is 1. The Morgan fingerprint density at radius 2 is 2.43 bits per heavy atom. The van der Waals surface area contributed by atoms with E-state index in [2.05, 4.69) is 11.3 Å². The van der Waals surface area contributed by atoms with Crippen LogP contribution in [0.15, 0.2) is 12.2 Å². The first-order valence-electron chi connectivity index (χ1n) is 4.77. The van der Waals surface area contributed by atoms with Crippen LogP contribution in [0.3, 0.4) is 0 Å². The Morgan fingerprint density at radius 3 is 3.07 bits per heavy atom. The molecule has 0 spiro atoms. The number of nitrogens with zero attached hydrogens (tertiary/aromatic N) is 1. The van der Waals surface area contributed by atoms with Crippen molar-refractivity contribution in [1.82, 2.24) is 4.90 Å². The van der Waals surface area contributed by atoms with Gasteiger partial charge in [-0.15, -0.1) is 0 Å². The molecule has 0 aromatic carbocycles. The van der Waals surface area contributed by atoms with Gasteiger partial charge in [0.1, 0.15) is 6.17 Å². The number of methoxy groups -OCH3 is 1. The van der Waals surface area contributed by atoms with Crippen molar-refractivity contribution in [3.8, 4) is 0 Å². The Hall–Kier alpha value is -1.06. The molecule has 1 rings (SSSR count). The van der Waals surface area contributed by atoms with E-state index in [1.165, 1.54) is 12.0 Å². The Kier molecular flexibility index (Phi) is 3.92. The third-order valence-corrected chi connectivity index (χ3v) is 2.31. The molecule has 14 heavy (non-hydrogen) atoms. The van der Waals surface area contributed by atoms with Crippen LogP contribution in [0.5, 0.6) is 0 Å². The molecule has 1 aliphatic rings. The molecule has 1 aliphatic heterocycles. The lowest BCUT2D eigenvalue weighted by atomic mass is 10.0. The molecular weight excluding hydrogens is 185 g/mol. The van der Waals surface area contributed by atoms with E-state index in [9.17, 15) is 9.18 Å². The van der Waals surface area contributed by atoms with Gasteiger partial charge >= 0.3 is 6.09 Å². The largest absolute Gasteiger partial charge is 0.453 e. The molecule has 1 heterocycles. The number of ether oxygens (including phenoxy) is 1. The van der Waals surface area contributed by atoms with Crippen LogP contribution in [0, 0.1) is 0 Å². The second-order valence-corrected chi connectivity index (χ2v) is 3.59. The van der Waals surface area contributed by atoms with Crippen LogP contribution < -0.4 is 0 Å². The molecule has 4 heteroatoms. The van der Waals surface area contributed by atoms with Gasteiger partial charge in [-0.1, -0.05) is 12.2 Å². The number of rotatable bonds is 0. The van der Waals surface area contributed by atoms with Gasteiger partial charge < -0.3 is 9.64 Å². The maximum Gasteiger partial charge on any atom is 0.409 e. The number of carbonyl (C=O) groups excluding carboxylic acids is 1. The average molecular weight is 201 g/mol. The SMILES string of the molecule is C=C1CCC[C@@H](F)CN(C(=O)OC)C1. The monoisotopic (exact) mass is 201 g/mol. The number of hydrogen-bond acceptors (Lipinski definition) is 2. The Morgan fingerprint density at radius 1 is 1.71 bits per heavy atom. The number of hydrogen-bond donors (Lipinski definition) is 0. The predicted molar refractivity (Wildman–Crippen MR) is 51.9 cm³/mol. The maximum absolute atomic E-state index is 13.2. The summed E-state index contributed by atoms with van der Waals surface area (Å²) < 4.78 is 17.8. The van der Waals surface area contributed by atoms with Gasteiger partial charge in [0.15, 0.2) is 0 Å². The van der Waals surface area contributed by atoms with E-state index in [1.54, 1.807) is 0 Å². The van der Waals surface area contributed by atoms with Crippen LogP contribution >= 0.6 is 0 Å². The minimum absolute atomic E-state index is 0.117. The van der Waals surface area contributed by atoms with Crippen LogP contribution in [-0.4, -0.2) is 37.4 Å². The van der Waals surface area contributed by atoms with Crippen molar-refractivity contribution in [1.29, 1.82) is 0 Å². The molecule has 0 saturated carbocycles. The number of alkyl halides is 1. The van der Waals surface area contributed by atoms with Crippen molar-refractivity contribution in [2.24, 2.45) is 0 Å². The fourth-order valence-corrected chi connectivity index (χ4v) is 1.59. The lowest BCUT2D eigenvalue weighted by Gasteiger charge is -2.26. The van der Waals surface area contributed by atoms with Crippen LogP contribution in [0.2, 0.25) is 0 Å². The van der Waals surface area contributed by atoms with Gasteiger partial charge in [-0.05, 0) is 19.3 Å². The third-order valence-electron chi connectivity index (χ3n) is 2.31. The summed E-state index contributed by atoms with van der Waals surface area (Å²) in [5, 5.41) is 0. The maximum atomic E-state index is 13.2. The van der Waals surface area contributed by atoms with Crippen molar-refractivity contribution in [3.63, 3.8) is 0 Å². The van der Waals surface area contributed by atoms with E-state index >= 15 is 0 Å². The summed E-state index contributed by atoms with van der Waals surface area (Å²) in [4.78, 5) is 12.6. The highest BCUT2D eigenvalue weighted by Crippen LogP contribution is 2.16. The van der Waals surface area contributed by atoms with Gasteiger partial charge in [-0.25, -0.2) is 9.18 Å². The summed E-state index contributed by atoms with van der Waals surface area (Å²) in [6.07, 6.45) is 0.674. The molecule has 0 aromatic heterocycles. The van der Waals surface area contributed by atoms with E-state index in [4.69, 9.17) is 0 Å². The summed E-state index contributed by atoms with van der Waals surface area (Å²) in [6.45, 7) is 4.36. The van der Waals surface area contributed by atoms with Crippen molar-refractivity contribution < 1.29 is 13.9 Å². The summed E-state index contributed by atoms with van der Waals surface area (Å²) in [7, 11) is 1.30. The number of halogens is 1. The second-order valence-electron chi connectivity index (χ2n) is 3.59. The summed E-state index contributed by atoms with van der Waals surface area (Å²) >= 11 is 0. The van der Waals surface area contributed by atoms with E-state index in [0.717, 1.165) is 18.4 Å². The highest BCUT2D eigenvalue weighted by Gasteiger charge is 2.21. The molecule has 0 radical (unpaired) electrons. The molecule has 3 nitrogen and oxygen atoms in total. The Labute approximate surface area is 83.5 Å². The van der Waals surface area contributed by atoms with Crippen LogP contribution in [0.4, 0.5) is 9.18 Å². The quantitative estimate of drug-likeness (QED) is 0.562. The fraction of sp³-hybridized carbons (Fsp3) is 0.700. The van der Waals surface area contributed by atoms with Gasteiger partial charge in [0.2, 0.25) is 0 Å². The first-order chi connectivity index (χ1) is 6.63. The van der Waals surface area contributed by atoms with Gasteiger partial charge in [0, 0.05) is 6.54 Å². The lowest BCUT2D eigenvalue weighted by Crippen LogP contribution is -2.38. The van der Waals surface area contributed by atoms with Crippen LogP contribution in [0.25, 0.3) is 0 Å². The lowest BCUT2D eigenvalue weighted by molar-refractivity contribution is 0.109. The Bertz CT molecular complexity index is 230. The van der Waals surface area contributed by atoms with Crippen molar-refractivity contribution >= 4 is 6.09 Å². The highest BCUT2D eigenvalue weighted by atomic mass is 19.1. The molecule has 1 atom stereocenters. The molecule has 1 fully saturated rings.